The second-order valence-electron chi connectivity index (χ2n) is 4.42. The number of thioether (sulfide) groups is 1. The molecule has 11 heavy (non-hydrogen) atoms. The molecule has 2 heteroatoms. The molecule has 0 aromatic carbocycles. The van der Waals surface area contributed by atoms with Crippen molar-refractivity contribution in [3.8, 4) is 0 Å². The molecule has 1 fully saturated rings. The highest BCUT2D eigenvalue weighted by Crippen LogP contribution is 2.46. The van der Waals surface area contributed by atoms with E-state index in [1.165, 1.54) is 12.2 Å². The molecular weight excluding hydrogens is 154 g/mol. The maximum absolute atomic E-state index is 2.36. The van der Waals surface area contributed by atoms with Crippen molar-refractivity contribution in [1.29, 1.82) is 0 Å². The van der Waals surface area contributed by atoms with E-state index in [0.717, 1.165) is 9.73 Å². The van der Waals surface area contributed by atoms with Crippen LogP contribution in [0.4, 0.5) is 0 Å². The molecule has 0 aliphatic carbocycles. The third-order valence-corrected chi connectivity index (χ3v) is 4.89. The Hall–Kier alpha value is 0.310. The maximum Gasteiger partial charge on any atom is 0.119 e. The van der Waals surface area contributed by atoms with E-state index in [-0.39, 0.29) is 0 Å². The van der Waals surface area contributed by atoms with E-state index in [4.69, 9.17) is 0 Å². The second-order valence-corrected chi connectivity index (χ2v) is 5.75. The highest BCUT2D eigenvalue weighted by atomic mass is 32.2. The van der Waals surface area contributed by atoms with Gasteiger partial charge in [0.2, 0.25) is 0 Å². The van der Waals surface area contributed by atoms with Crippen LogP contribution in [0.25, 0.3) is 0 Å². The van der Waals surface area contributed by atoms with Crippen LogP contribution >= 0.6 is 11.8 Å². The van der Waals surface area contributed by atoms with Crippen molar-refractivity contribution in [3.63, 3.8) is 0 Å². The van der Waals surface area contributed by atoms with Crippen LogP contribution < -0.4 is 0 Å². The van der Waals surface area contributed by atoms with Crippen LogP contribution in [-0.2, 0) is 0 Å². The zero-order chi connectivity index (χ0) is 8.70. The van der Waals surface area contributed by atoms with Gasteiger partial charge in [0.15, 0.2) is 0 Å². The number of hydrogen-bond acceptors (Lipinski definition) is 1. The van der Waals surface area contributed by atoms with Crippen molar-refractivity contribution in [2.75, 3.05) is 26.9 Å². The minimum absolute atomic E-state index is 0.560. The zero-order valence-corrected chi connectivity index (χ0v) is 9.16. The van der Waals surface area contributed by atoms with Gasteiger partial charge in [0.25, 0.3) is 0 Å². The number of nitrogens with zero attached hydrogens (tertiary/aromatic N) is 1. The van der Waals surface area contributed by atoms with Gasteiger partial charge >= 0.3 is 0 Å². The summed E-state index contributed by atoms with van der Waals surface area (Å²) in [5.74, 6) is 1.34. The maximum atomic E-state index is 2.36. The van der Waals surface area contributed by atoms with Crippen LogP contribution in [0, 0.1) is 0 Å². The first kappa shape index (κ1) is 9.40. The quantitative estimate of drug-likeness (QED) is 0.577. The normalized spacial score (nSPS) is 38.5. The van der Waals surface area contributed by atoms with Gasteiger partial charge in [-0.05, 0) is 6.92 Å². The summed E-state index contributed by atoms with van der Waals surface area (Å²) in [5.41, 5.74) is 0.560. The molecule has 1 aliphatic heterocycles. The molecule has 1 heterocycles. The monoisotopic (exact) mass is 174 g/mol. The summed E-state index contributed by atoms with van der Waals surface area (Å²) < 4.78 is 1.12. The fourth-order valence-corrected chi connectivity index (χ4v) is 4.00. The molecule has 0 N–H and O–H groups in total. The molecule has 1 aliphatic rings. The lowest BCUT2D eigenvalue weighted by molar-refractivity contribution is -0.922. The minimum atomic E-state index is 0.560. The van der Waals surface area contributed by atoms with Crippen molar-refractivity contribution in [2.24, 2.45) is 0 Å². The molecule has 0 amide bonds. The topological polar surface area (TPSA) is 0 Å². The van der Waals surface area contributed by atoms with Gasteiger partial charge in [-0.25, -0.2) is 0 Å². The van der Waals surface area contributed by atoms with Crippen molar-refractivity contribution in [2.45, 2.75) is 31.1 Å². The summed E-state index contributed by atoms with van der Waals surface area (Å²) >= 11 is 2.10. The van der Waals surface area contributed by atoms with Crippen LogP contribution in [0.15, 0.2) is 0 Å². The Morgan fingerprint density at radius 2 is 2.00 bits per heavy atom. The Bertz CT molecular complexity index is 146. The van der Waals surface area contributed by atoms with Crippen molar-refractivity contribution >= 4 is 11.8 Å². The lowest BCUT2D eigenvalue weighted by Crippen LogP contribution is -2.68. The molecule has 1 nitrogen and oxygen atoms in total. The molecule has 0 unspecified atom stereocenters. The number of quaternary nitrogens is 1. The first-order chi connectivity index (χ1) is 4.94. The van der Waals surface area contributed by atoms with Gasteiger partial charge in [-0.1, -0.05) is 6.92 Å². The highest BCUT2D eigenvalue weighted by molar-refractivity contribution is 8.01. The predicted molar refractivity (Wildman–Crippen MR) is 53.0 cm³/mol. The Kier molecular flexibility index (Phi) is 2.28. The summed E-state index contributed by atoms with van der Waals surface area (Å²) in [6.07, 6.45) is 1.31. The van der Waals surface area contributed by atoms with Crippen LogP contribution in [-0.4, -0.2) is 42.2 Å². The summed E-state index contributed by atoms with van der Waals surface area (Å²) in [7, 11) is 6.96. The first-order valence-corrected chi connectivity index (χ1v) is 5.42. The Morgan fingerprint density at radius 1 is 1.45 bits per heavy atom. The van der Waals surface area contributed by atoms with E-state index in [0.29, 0.717) is 5.54 Å². The third-order valence-electron chi connectivity index (χ3n) is 3.29. The lowest BCUT2D eigenvalue weighted by atomic mass is 9.90. The van der Waals surface area contributed by atoms with Crippen LogP contribution in [0.2, 0.25) is 0 Å². The molecular formula is C9H20NS+. The SMILES string of the molecule is CC[C@]1([N+](C)(C)C)CS[C@H]1C. The van der Waals surface area contributed by atoms with Crippen LogP contribution in [0.3, 0.4) is 0 Å². The lowest BCUT2D eigenvalue weighted by Gasteiger charge is -2.55. The van der Waals surface area contributed by atoms with Crippen LogP contribution in [0.5, 0.6) is 0 Å². The third kappa shape index (κ3) is 1.20. The van der Waals surface area contributed by atoms with E-state index in [9.17, 15) is 0 Å². The van der Waals surface area contributed by atoms with Gasteiger partial charge in [0, 0.05) is 6.42 Å². The highest BCUT2D eigenvalue weighted by Gasteiger charge is 2.53. The van der Waals surface area contributed by atoms with Crippen molar-refractivity contribution in [3.05, 3.63) is 0 Å². The Balaban J connectivity index is 2.77. The van der Waals surface area contributed by atoms with E-state index >= 15 is 0 Å². The molecule has 2 atom stereocenters. The fraction of sp³-hybridized carbons (Fsp3) is 1.00. The second kappa shape index (κ2) is 2.67. The molecule has 0 aromatic rings. The Labute approximate surface area is 74.7 Å². The smallest absolute Gasteiger partial charge is 0.119 e. The summed E-state index contributed by atoms with van der Waals surface area (Å²) in [6, 6.07) is 0. The van der Waals surface area contributed by atoms with Gasteiger partial charge in [-0.15, -0.1) is 11.8 Å². The molecule has 66 valence electrons. The average Bonchev–Trinajstić information content (AvgIpc) is 1.84. The molecule has 1 rings (SSSR count). The summed E-state index contributed by atoms with van der Waals surface area (Å²) in [6.45, 7) is 4.68. The van der Waals surface area contributed by atoms with Crippen LogP contribution in [0.1, 0.15) is 20.3 Å². The van der Waals surface area contributed by atoms with Crippen molar-refractivity contribution < 1.29 is 4.48 Å². The van der Waals surface area contributed by atoms with Crippen molar-refractivity contribution in [1.82, 2.24) is 0 Å². The Morgan fingerprint density at radius 3 is 2.00 bits per heavy atom. The van der Waals surface area contributed by atoms with E-state index in [2.05, 4.69) is 46.8 Å². The standard InChI is InChI=1S/C9H20NS/c1-6-9(10(3,4)5)7-11-8(9)2/h8H,6-7H2,1-5H3/q+1/t8-,9-/m0/s1. The molecule has 0 aromatic heterocycles. The predicted octanol–water partition coefficient (Wildman–Crippen LogP) is 1.98. The minimum Gasteiger partial charge on any atom is -0.324 e. The van der Waals surface area contributed by atoms with E-state index < -0.39 is 0 Å². The summed E-state index contributed by atoms with van der Waals surface area (Å²) in [4.78, 5) is 0. The van der Waals surface area contributed by atoms with E-state index in [1.807, 2.05) is 0 Å². The molecule has 0 bridgehead atoms. The largest absolute Gasteiger partial charge is 0.324 e. The average molecular weight is 174 g/mol. The zero-order valence-electron chi connectivity index (χ0n) is 8.35. The van der Waals surface area contributed by atoms with E-state index in [1.54, 1.807) is 0 Å². The van der Waals surface area contributed by atoms with Gasteiger partial charge in [0.1, 0.15) is 5.54 Å². The molecule has 0 spiro atoms. The fourth-order valence-electron chi connectivity index (χ4n) is 2.05. The van der Waals surface area contributed by atoms with Gasteiger partial charge in [-0.2, -0.15) is 0 Å². The van der Waals surface area contributed by atoms with Gasteiger partial charge < -0.3 is 4.48 Å². The molecule has 1 saturated heterocycles. The summed E-state index contributed by atoms with van der Waals surface area (Å²) in [5, 5.41) is 0.840. The van der Waals surface area contributed by atoms with Gasteiger partial charge in [-0.3, -0.25) is 0 Å². The molecule has 0 radical (unpaired) electrons. The first-order valence-electron chi connectivity index (χ1n) is 4.37. The molecule has 0 saturated carbocycles. The van der Waals surface area contributed by atoms with Gasteiger partial charge in [0.05, 0.1) is 32.1 Å². The number of rotatable bonds is 2. The number of hydrogen-bond donors (Lipinski definition) is 0.